The van der Waals surface area contributed by atoms with Crippen molar-refractivity contribution < 1.29 is 5.11 Å². The van der Waals surface area contributed by atoms with E-state index < -0.39 is 0 Å². The Bertz CT molecular complexity index is 487. The smallest absolute Gasteiger partial charge is 0.139 e. The molecule has 2 rings (SSSR count). The Labute approximate surface area is 114 Å². The van der Waals surface area contributed by atoms with Crippen molar-refractivity contribution in [2.24, 2.45) is 5.73 Å². The van der Waals surface area contributed by atoms with Crippen LogP contribution in [0.3, 0.4) is 0 Å². The summed E-state index contributed by atoms with van der Waals surface area (Å²) in [6.45, 7) is 1.97. The van der Waals surface area contributed by atoms with Crippen molar-refractivity contribution in [3.63, 3.8) is 0 Å². The number of pyridine rings is 1. The first kappa shape index (κ1) is 13.8. The molecule has 4 N–H and O–H groups in total. The summed E-state index contributed by atoms with van der Waals surface area (Å²) in [5, 5.41) is 17.0. The summed E-state index contributed by atoms with van der Waals surface area (Å²) in [7, 11) is 1.88. The number of aryl methyl sites for hydroxylation is 2. The minimum absolute atomic E-state index is 0.0351. The highest BCUT2D eigenvalue weighted by Gasteiger charge is 2.20. The SMILES string of the molecule is CC(CO)N(C)c1nc2c(cc1C(=N)N)CCCC2. The van der Waals surface area contributed by atoms with Crippen LogP contribution in [0.1, 0.15) is 36.6 Å². The molecule has 1 atom stereocenters. The van der Waals surface area contributed by atoms with Gasteiger partial charge in [-0.15, -0.1) is 0 Å². The van der Waals surface area contributed by atoms with Gasteiger partial charge < -0.3 is 15.7 Å². The van der Waals surface area contributed by atoms with Crippen molar-refractivity contribution in [3.8, 4) is 0 Å². The Morgan fingerprint density at radius 1 is 1.53 bits per heavy atom. The molecule has 104 valence electrons. The molecule has 1 aromatic rings. The zero-order chi connectivity index (χ0) is 14.0. The van der Waals surface area contributed by atoms with Gasteiger partial charge in [0.05, 0.1) is 18.2 Å². The maximum absolute atomic E-state index is 9.28. The number of amidine groups is 1. The number of hydrogen-bond donors (Lipinski definition) is 3. The van der Waals surface area contributed by atoms with Gasteiger partial charge >= 0.3 is 0 Å². The van der Waals surface area contributed by atoms with Crippen molar-refractivity contribution >= 4 is 11.7 Å². The van der Waals surface area contributed by atoms with Crippen molar-refractivity contribution in [1.82, 2.24) is 4.98 Å². The molecule has 5 nitrogen and oxygen atoms in total. The summed E-state index contributed by atoms with van der Waals surface area (Å²) in [6, 6.07) is 1.95. The molecule has 1 aliphatic carbocycles. The standard InChI is InChI=1S/C14H22N4O/c1-9(8-19)18(2)14-11(13(15)16)7-10-5-3-4-6-12(10)17-14/h7,9,19H,3-6,8H2,1-2H3,(H3,15,16). The fourth-order valence-electron chi connectivity index (χ4n) is 2.42. The van der Waals surface area contributed by atoms with Gasteiger partial charge in [0.1, 0.15) is 11.7 Å². The summed E-state index contributed by atoms with van der Waals surface area (Å²) < 4.78 is 0. The Morgan fingerprint density at radius 2 is 2.21 bits per heavy atom. The molecular formula is C14H22N4O. The molecule has 0 amide bonds. The largest absolute Gasteiger partial charge is 0.394 e. The fourth-order valence-corrected chi connectivity index (χ4v) is 2.42. The summed E-state index contributed by atoms with van der Waals surface area (Å²) in [5.74, 6) is 0.738. The monoisotopic (exact) mass is 262 g/mol. The number of anilines is 1. The van der Waals surface area contributed by atoms with E-state index in [0.29, 0.717) is 11.4 Å². The van der Waals surface area contributed by atoms with Gasteiger partial charge in [0.15, 0.2) is 0 Å². The van der Waals surface area contributed by atoms with Crippen LogP contribution in [0.2, 0.25) is 0 Å². The van der Waals surface area contributed by atoms with E-state index in [4.69, 9.17) is 16.1 Å². The molecule has 0 saturated carbocycles. The molecule has 0 aromatic carbocycles. The third kappa shape index (κ3) is 2.71. The molecule has 0 saturated heterocycles. The molecule has 1 aromatic heterocycles. The number of nitrogen functional groups attached to an aromatic ring is 1. The second-order valence-corrected chi connectivity index (χ2v) is 5.23. The molecule has 0 spiro atoms. The lowest BCUT2D eigenvalue weighted by atomic mass is 9.94. The van der Waals surface area contributed by atoms with Gasteiger partial charge in [-0.2, -0.15) is 0 Å². The molecular weight excluding hydrogens is 240 g/mol. The van der Waals surface area contributed by atoms with E-state index in [-0.39, 0.29) is 18.5 Å². The summed E-state index contributed by atoms with van der Waals surface area (Å²) >= 11 is 0. The Kier molecular flexibility index (Phi) is 4.04. The zero-order valence-corrected chi connectivity index (χ0v) is 11.6. The van der Waals surface area contributed by atoms with E-state index in [9.17, 15) is 5.11 Å². The van der Waals surface area contributed by atoms with E-state index in [1.807, 2.05) is 24.9 Å². The number of likely N-dealkylation sites (N-methyl/N-ethyl adjacent to an activating group) is 1. The average molecular weight is 262 g/mol. The zero-order valence-electron chi connectivity index (χ0n) is 11.6. The predicted molar refractivity (Wildman–Crippen MR) is 76.8 cm³/mol. The number of aromatic nitrogens is 1. The van der Waals surface area contributed by atoms with E-state index in [1.165, 1.54) is 12.0 Å². The second-order valence-electron chi connectivity index (χ2n) is 5.23. The highest BCUT2D eigenvalue weighted by Crippen LogP contribution is 2.26. The predicted octanol–water partition coefficient (Wildman–Crippen LogP) is 1.06. The van der Waals surface area contributed by atoms with Crippen LogP contribution in [-0.4, -0.2) is 35.6 Å². The van der Waals surface area contributed by atoms with E-state index in [2.05, 4.69) is 0 Å². The molecule has 1 aliphatic rings. The van der Waals surface area contributed by atoms with Crippen LogP contribution in [0, 0.1) is 5.41 Å². The third-order valence-corrected chi connectivity index (χ3v) is 3.83. The maximum atomic E-state index is 9.28. The molecule has 5 heteroatoms. The molecule has 19 heavy (non-hydrogen) atoms. The molecule has 1 unspecified atom stereocenters. The first-order valence-electron chi connectivity index (χ1n) is 6.75. The number of nitrogens with two attached hydrogens (primary N) is 1. The average Bonchev–Trinajstić information content (AvgIpc) is 2.44. The number of aliphatic hydroxyl groups is 1. The van der Waals surface area contributed by atoms with Crippen molar-refractivity contribution in [2.75, 3.05) is 18.6 Å². The lowest BCUT2D eigenvalue weighted by Gasteiger charge is -2.28. The van der Waals surface area contributed by atoms with Crippen molar-refractivity contribution in [1.29, 1.82) is 5.41 Å². The quantitative estimate of drug-likeness (QED) is 0.559. The fraction of sp³-hybridized carbons (Fsp3) is 0.571. The normalized spacial score (nSPS) is 15.7. The van der Waals surface area contributed by atoms with E-state index >= 15 is 0 Å². The van der Waals surface area contributed by atoms with Crippen LogP contribution in [0.15, 0.2) is 6.07 Å². The van der Waals surface area contributed by atoms with Gasteiger partial charge in [0, 0.05) is 12.7 Å². The second kappa shape index (κ2) is 5.57. The number of nitrogens with one attached hydrogen (secondary N) is 1. The lowest BCUT2D eigenvalue weighted by molar-refractivity contribution is 0.269. The highest BCUT2D eigenvalue weighted by atomic mass is 16.3. The first-order chi connectivity index (χ1) is 9.04. The van der Waals surface area contributed by atoms with Gasteiger partial charge in [-0.3, -0.25) is 5.41 Å². The third-order valence-electron chi connectivity index (χ3n) is 3.83. The van der Waals surface area contributed by atoms with Crippen LogP contribution in [0.25, 0.3) is 0 Å². The maximum Gasteiger partial charge on any atom is 0.139 e. The Hall–Kier alpha value is -1.62. The van der Waals surface area contributed by atoms with Crippen LogP contribution < -0.4 is 10.6 Å². The Morgan fingerprint density at radius 3 is 2.84 bits per heavy atom. The number of nitrogens with zero attached hydrogens (tertiary/aromatic N) is 2. The van der Waals surface area contributed by atoms with Crippen molar-refractivity contribution in [3.05, 3.63) is 22.9 Å². The Balaban J connectivity index is 2.48. The van der Waals surface area contributed by atoms with Gasteiger partial charge in [-0.1, -0.05) is 0 Å². The molecule has 1 heterocycles. The number of hydrogen-bond acceptors (Lipinski definition) is 4. The van der Waals surface area contributed by atoms with Crippen LogP contribution in [0.4, 0.5) is 5.82 Å². The summed E-state index contributed by atoms with van der Waals surface area (Å²) in [5.41, 5.74) is 8.68. The van der Waals surface area contributed by atoms with Crippen molar-refractivity contribution in [2.45, 2.75) is 38.6 Å². The minimum atomic E-state index is -0.0489. The molecule has 0 bridgehead atoms. The number of fused-ring (bicyclic) bond motifs is 1. The van der Waals surface area contributed by atoms with Gasteiger partial charge in [-0.25, -0.2) is 4.98 Å². The molecule has 0 radical (unpaired) electrons. The van der Waals surface area contributed by atoms with E-state index in [0.717, 1.165) is 25.0 Å². The topological polar surface area (TPSA) is 86.2 Å². The summed E-state index contributed by atoms with van der Waals surface area (Å²) in [4.78, 5) is 6.59. The van der Waals surface area contributed by atoms with E-state index in [1.54, 1.807) is 0 Å². The van der Waals surface area contributed by atoms with Gasteiger partial charge in [0.2, 0.25) is 0 Å². The lowest BCUT2D eigenvalue weighted by Crippen LogP contribution is -2.35. The van der Waals surface area contributed by atoms with Crippen LogP contribution >= 0.6 is 0 Å². The van der Waals surface area contributed by atoms with Crippen LogP contribution in [-0.2, 0) is 12.8 Å². The highest BCUT2D eigenvalue weighted by molar-refractivity contribution is 5.99. The number of aliphatic hydroxyl groups excluding tert-OH is 1. The first-order valence-corrected chi connectivity index (χ1v) is 6.75. The van der Waals surface area contributed by atoms with Gasteiger partial charge in [-0.05, 0) is 44.2 Å². The van der Waals surface area contributed by atoms with Gasteiger partial charge in [0.25, 0.3) is 0 Å². The van der Waals surface area contributed by atoms with Crippen LogP contribution in [0.5, 0.6) is 0 Å². The minimum Gasteiger partial charge on any atom is -0.394 e. The summed E-state index contributed by atoms with van der Waals surface area (Å²) in [6.07, 6.45) is 4.34. The molecule has 0 fully saturated rings. The number of rotatable bonds is 4. The molecule has 0 aliphatic heterocycles.